The van der Waals surface area contributed by atoms with E-state index in [-0.39, 0.29) is 11.4 Å². The van der Waals surface area contributed by atoms with Gasteiger partial charge in [0.15, 0.2) is 0 Å². The largest absolute Gasteiger partial charge is 0.278 e. The minimum Gasteiger partial charge on any atom is -0.273 e. The highest BCUT2D eigenvalue weighted by Gasteiger charge is 2.49. The van der Waals surface area contributed by atoms with Gasteiger partial charge in [0.25, 0.3) is 5.91 Å². The lowest BCUT2D eigenvalue weighted by molar-refractivity contribution is -0.158. The summed E-state index contributed by atoms with van der Waals surface area (Å²) in [4.78, 5) is 17.5. The van der Waals surface area contributed by atoms with Crippen LogP contribution in [0.15, 0.2) is 18.2 Å². The molecular weight excluding hydrogens is 202 g/mol. The van der Waals surface area contributed by atoms with Gasteiger partial charge in [0.1, 0.15) is 0 Å². The molecule has 84 valence electrons. The average molecular weight is 217 g/mol. The number of benzene rings is 1. The Morgan fingerprint density at radius 1 is 1.44 bits per heavy atom. The zero-order valence-corrected chi connectivity index (χ0v) is 9.62. The summed E-state index contributed by atoms with van der Waals surface area (Å²) in [6, 6.07) is 6.00. The molecule has 0 N–H and O–H groups in total. The highest BCUT2D eigenvalue weighted by atomic mass is 16.7. The van der Waals surface area contributed by atoms with Crippen LogP contribution >= 0.6 is 0 Å². The van der Waals surface area contributed by atoms with E-state index in [0.29, 0.717) is 0 Å². The Balaban J connectivity index is 2.29. The molecule has 1 aliphatic carbocycles. The molecule has 1 amide bonds. The summed E-state index contributed by atoms with van der Waals surface area (Å²) in [5, 5.41) is 1.54. The summed E-state index contributed by atoms with van der Waals surface area (Å²) in [5.41, 5.74) is 3.06. The van der Waals surface area contributed by atoms with Crippen LogP contribution in [0.4, 0.5) is 0 Å². The summed E-state index contributed by atoms with van der Waals surface area (Å²) in [6.45, 7) is 2.10. The average Bonchev–Trinajstić information content (AvgIpc) is 2.50. The highest BCUT2D eigenvalue weighted by Crippen LogP contribution is 2.47. The van der Waals surface area contributed by atoms with Gasteiger partial charge in [-0.05, 0) is 43.4 Å². The van der Waals surface area contributed by atoms with Crippen LogP contribution < -0.4 is 0 Å². The maximum absolute atomic E-state index is 12.2. The normalized spacial score (nSPS) is 27.1. The lowest BCUT2D eigenvalue weighted by Crippen LogP contribution is -2.42. The molecule has 0 radical (unpaired) electrons. The molecule has 0 unspecified atom stereocenters. The van der Waals surface area contributed by atoms with Crippen molar-refractivity contribution in [1.29, 1.82) is 0 Å². The molecule has 1 aliphatic heterocycles. The Morgan fingerprint density at radius 3 is 3.00 bits per heavy atom. The third kappa shape index (κ3) is 0.990. The first kappa shape index (κ1) is 9.85. The predicted molar refractivity (Wildman–Crippen MR) is 59.9 cm³/mol. The summed E-state index contributed by atoms with van der Waals surface area (Å²) < 4.78 is 0. The van der Waals surface area contributed by atoms with Crippen LogP contribution in [0, 0.1) is 0 Å². The van der Waals surface area contributed by atoms with Crippen molar-refractivity contribution in [2.24, 2.45) is 0 Å². The minimum atomic E-state index is -0.254. The maximum Gasteiger partial charge on any atom is 0.278 e. The van der Waals surface area contributed by atoms with E-state index in [1.165, 1.54) is 11.1 Å². The van der Waals surface area contributed by atoms with E-state index in [0.717, 1.165) is 24.8 Å². The molecular formula is C13H15NO2. The van der Waals surface area contributed by atoms with Gasteiger partial charge in [-0.25, -0.2) is 5.06 Å². The second-order valence-electron chi connectivity index (χ2n) is 4.75. The second-order valence-corrected chi connectivity index (χ2v) is 4.75. The van der Waals surface area contributed by atoms with Crippen molar-refractivity contribution in [1.82, 2.24) is 5.06 Å². The van der Waals surface area contributed by atoms with Crippen LogP contribution in [-0.4, -0.2) is 18.1 Å². The van der Waals surface area contributed by atoms with Crippen molar-refractivity contribution in [2.45, 2.75) is 31.7 Å². The Labute approximate surface area is 95.0 Å². The Hall–Kier alpha value is -1.35. The van der Waals surface area contributed by atoms with Crippen molar-refractivity contribution in [3.8, 4) is 0 Å². The molecule has 1 aromatic rings. The maximum atomic E-state index is 12.2. The van der Waals surface area contributed by atoms with Gasteiger partial charge in [-0.2, -0.15) is 0 Å². The number of carbonyl (C=O) groups is 1. The van der Waals surface area contributed by atoms with E-state index >= 15 is 0 Å². The Morgan fingerprint density at radius 2 is 2.25 bits per heavy atom. The van der Waals surface area contributed by atoms with E-state index in [9.17, 15) is 4.79 Å². The first-order valence-electron chi connectivity index (χ1n) is 5.69. The lowest BCUT2D eigenvalue weighted by atomic mass is 9.78. The van der Waals surface area contributed by atoms with Crippen LogP contribution in [0.3, 0.4) is 0 Å². The standard InChI is InChI=1S/C13H15NO2/c1-13-8-4-6-9-5-3-7-10(11(9)13)12(15)14(13)16-2/h3,5,7H,4,6,8H2,1-2H3/t13-/m0/s1. The van der Waals surface area contributed by atoms with Crippen LogP contribution in [0.25, 0.3) is 0 Å². The van der Waals surface area contributed by atoms with Gasteiger partial charge in [0, 0.05) is 5.56 Å². The smallest absolute Gasteiger partial charge is 0.273 e. The summed E-state index contributed by atoms with van der Waals surface area (Å²) >= 11 is 0. The van der Waals surface area contributed by atoms with E-state index in [1.54, 1.807) is 12.2 Å². The number of rotatable bonds is 1. The molecule has 0 spiro atoms. The number of amides is 1. The number of carbonyl (C=O) groups excluding carboxylic acids is 1. The zero-order valence-electron chi connectivity index (χ0n) is 9.62. The van der Waals surface area contributed by atoms with Gasteiger partial charge in [-0.3, -0.25) is 9.63 Å². The van der Waals surface area contributed by atoms with Crippen molar-refractivity contribution in [2.75, 3.05) is 7.11 Å². The molecule has 16 heavy (non-hydrogen) atoms. The molecule has 1 aromatic carbocycles. The monoisotopic (exact) mass is 217 g/mol. The molecule has 0 saturated carbocycles. The number of aryl methyl sites for hydroxylation is 1. The lowest BCUT2D eigenvalue weighted by Gasteiger charge is -2.37. The summed E-state index contributed by atoms with van der Waals surface area (Å²) in [6.07, 6.45) is 3.17. The van der Waals surface area contributed by atoms with Crippen molar-refractivity contribution in [3.05, 3.63) is 34.9 Å². The van der Waals surface area contributed by atoms with E-state index < -0.39 is 0 Å². The fourth-order valence-electron chi connectivity index (χ4n) is 3.19. The van der Waals surface area contributed by atoms with Crippen molar-refractivity contribution in [3.63, 3.8) is 0 Å². The molecule has 3 nitrogen and oxygen atoms in total. The van der Waals surface area contributed by atoms with Gasteiger partial charge in [-0.15, -0.1) is 0 Å². The Kier molecular flexibility index (Phi) is 1.89. The van der Waals surface area contributed by atoms with E-state index in [4.69, 9.17) is 4.84 Å². The second kappa shape index (κ2) is 3.08. The SMILES string of the molecule is CON1C(=O)c2cccc3c2[C@]1(C)CCC3. The fraction of sp³-hybridized carbons (Fsp3) is 0.462. The first-order valence-corrected chi connectivity index (χ1v) is 5.69. The van der Waals surface area contributed by atoms with Gasteiger partial charge in [0.05, 0.1) is 12.6 Å². The molecule has 1 heterocycles. The van der Waals surface area contributed by atoms with Gasteiger partial charge in [0.2, 0.25) is 0 Å². The van der Waals surface area contributed by atoms with E-state index in [1.807, 2.05) is 12.1 Å². The summed E-state index contributed by atoms with van der Waals surface area (Å²) in [5.74, 6) is 0.00347. The van der Waals surface area contributed by atoms with Gasteiger partial charge < -0.3 is 0 Å². The number of hydrogen-bond donors (Lipinski definition) is 0. The van der Waals surface area contributed by atoms with E-state index in [2.05, 4.69) is 13.0 Å². The predicted octanol–water partition coefficient (Wildman–Crippen LogP) is 2.26. The zero-order chi connectivity index (χ0) is 11.3. The van der Waals surface area contributed by atoms with Crippen molar-refractivity contribution >= 4 is 5.91 Å². The molecule has 2 aliphatic rings. The number of nitrogens with zero attached hydrogens (tertiary/aromatic N) is 1. The molecule has 0 fully saturated rings. The van der Waals surface area contributed by atoms with Crippen LogP contribution in [0.1, 0.15) is 41.3 Å². The molecule has 0 aromatic heterocycles. The quantitative estimate of drug-likeness (QED) is 0.722. The molecule has 3 heteroatoms. The highest BCUT2D eigenvalue weighted by molar-refractivity contribution is 5.99. The van der Waals surface area contributed by atoms with Crippen LogP contribution in [0.5, 0.6) is 0 Å². The van der Waals surface area contributed by atoms with Gasteiger partial charge in [-0.1, -0.05) is 12.1 Å². The van der Waals surface area contributed by atoms with Gasteiger partial charge >= 0.3 is 0 Å². The topological polar surface area (TPSA) is 29.5 Å². The van der Waals surface area contributed by atoms with Crippen LogP contribution in [-0.2, 0) is 16.8 Å². The minimum absolute atomic E-state index is 0.00347. The summed E-state index contributed by atoms with van der Waals surface area (Å²) in [7, 11) is 1.57. The number of hydroxylamine groups is 2. The van der Waals surface area contributed by atoms with Crippen molar-refractivity contribution < 1.29 is 9.63 Å². The fourth-order valence-corrected chi connectivity index (χ4v) is 3.19. The third-order valence-corrected chi connectivity index (χ3v) is 3.84. The molecule has 3 rings (SSSR count). The van der Waals surface area contributed by atoms with Crippen LogP contribution in [0.2, 0.25) is 0 Å². The molecule has 0 bridgehead atoms. The molecule has 1 atom stereocenters. The third-order valence-electron chi connectivity index (χ3n) is 3.84. The number of hydrogen-bond acceptors (Lipinski definition) is 2. The molecule has 0 saturated heterocycles. The Bertz CT molecular complexity index is 469. The first-order chi connectivity index (χ1) is 7.68.